The zero-order valence-corrected chi connectivity index (χ0v) is 17.3. The molecule has 7 nitrogen and oxygen atoms in total. The van der Waals surface area contributed by atoms with Crippen molar-refractivity contribution in [2.45, 2.75) is 37.5 Å². The van der Waals surface area contributed by atoms with Gasteiger partial charge in [-0.25, -0.2) is 17.8 Å². The SMILES string of the molecule is C[C@H](CN)CCCCCNc1cc(F)c(S(=O)(=O)Nc2ncns2)cc1Cl. The Labute approximate surface area is 167 Å². The van der Waals surface area contributed by atoms with E-state index in [4.69, 9.17) is 17.3 Å². The van der Waals surface area contributed by atoms with Crippen LogP contribution in [0.2, 0.25) is 5.02 Å². The highest BCUT2D eigenvalue weighted by Gasteiger charge is 2.22. The molecule has 27 heavy (non-hydrogen) atoms. The highest BCUT2D eigenvalue weighted by molar-refractivity contribution is 7.93. The zero-order chi connectivity index (χ0) is 19.9. The monoisotopic (exact) mass is 435 g/mol. The van der Waals surface area contributed by atoms with Gasteiger partial charge in [-0.15, -0.1) is 0 Å². The number of benzene rings is 1. The molecule has 1 atom stereocenters. The summed E-state index contributed by atoms with van der Waals surface area (Å²) in [6.07, 6.45) is 5.29. The second-order valence-electron chi connectivity index (χ2n) is 6.23. The van der Waals surface area contributed by atoms with Gasteiger partial charge in [0.1, 0.15) is 17.0 Å². The number of halogens is 2. The van der Waals surface area contributed by atoms with E-state index in [-0.39, 0.29) is 10.2 Å². The van der Waals surface area contributed by atoms with Gasteiger partial charge >= 0.3 is 0 Å². The van der Waals surface area contributed by atoms with Crippen molar-refractivity contribution in [1.82, 2.24) is 9.36 Å². The number of nitrogens with zero attached hydrogens (tertiary/aromatic N) is 2. The molecule has 0 aliphatic heterocycles. The number of nitrogens with two attached hydrogens (primary N) is 1. The molecule has 0 unspecified atom stereocenters. The second kappa shape index (κ2) is 10.2. The predicted molar refractivity (Wildman–Crippen MR) is 107 cm³/mol. The van der Waals surface area contributed by atoms with Crippen molar-refractivity contribution < 1.29 is 12.8 Å². The van der Waals surface area contributed by atoms with E-state index < -0.39 is 20.7 Å². The molecule has 0 radical (unpaired) electrons. The van der Waals surface area contributed by atoms with Gasteiger partial charge in [0.25, 0.3) is 10.0 Å². The molecular weight excluding hydrogens is 413 g/mol. The first-order chi connectivity index (χ1) is 12.8. The van der Waals surface area contributed by atoms with Crippen LogP contribution < -0.4 is 15.8 Å². The van der Waals surface area contributed by atoms with Crippen LogP contribution in [-0.4, -0.2) is 30.9 Å². The van der Waals surface area contributed by atoms with Crippen LogP contribution in [0.4, 0.5) is 15.2 Å². The van der Waals surface area contributed by atoms with Crippen LogP contribution in [0.5, 0.6) is 0 Å². The molecule has 4 N–H and O–H groups in total. The highest BCUT2D eigenvalue weighted by atomic mass is 35.5. The molecule has 2 rings (SSSR count). The number of rotatable bonds is 11. The number of hydrogen-bond acceptors (Lipinski definition) is 7. The van der Waals surface area contributed by atoms with E-state index in [1.807, 2.05) is 0 Å². The van der Waals surface area contributed by atoms with Crippen molar-refractivity contribution in [2.24, 2.45) is 11.7 Å². The second-order valence-corrected chi connectivity index (χ2v) is 9.07. The molecule has 0 amide bonds. The molecule has 0 aliphatic carbocycles. The summed E-state index contributed by atoms with van der Waals surface area (Å²) in [6, 6.07) is 2.18. The number of aromatic nitrogens is 2. The minimum absolute atomic E-state index is 0.0525. The maximum atomic E-state index is 14.3. The lowest BCUT2D eigenvalue weighted by Gasteiger charge is -2.12. The van der Waals surface area contributed by atoms with E-state index in [0.717, 1.165) is 49.3 Å². The third kappa shape index (κ3) is 6.56. The van der Waals surface area contributed by atoms with Gasteiger partial charge in [-0.2, -0.15) is 4.37 Å². The molecular formula is C16H23ClFN5O2S2. The topological polar surface area (TPSA) is 110 Å². The number of nitrogens with one attached hydrogen (secondary N) is 2. The molecule has 0 aliphatic rings. The molecule has 2 aromatic rings. The van der Waals surface area contributed by atoms with Gasteiger partial charge in [-0.1, -0.05) is 31.4 Å². The van der Waals surface area contributed by atoms with Crippen molar-refractivity contribution in [3.63, 3.8) is 0 Å². The smallest absolute Gasteiger partial charge is 0.266 e. The lowest BCUT2D eigenvalue weighted by molar-refractivity contribution is 0.502. The van der Waals surface area contributed by atoms with Gasteiger partial charge in [-0.05, 0) is 37.4 Å². The maximum absolute atomic E-state index is 14.3. The van der Waals surface area contributed by atoms with Crippen LogP contribution >= 0.6 is 23.1 Å². The Kier molecular flexibility index (Phi) is 8.21. The Morgan fingerprint density at radius 2 is 2.11 bits per heavy atom. The predicted octanol–water partition coefficient (Wildman–Crippen LogP) is 3.70. The van der Waals surface area contributed by atoms with Crippen LogP contribution in [0.1, 0.15) is 32.6 Å². The summed E-state index contributed by atoms with van der Waals surface area (Å²) in [7, 11) is -4.14. The standard InChI is InChI=1S/C16H23ClFN5O2S2/c1-11(9-19)5-3-2-4-6-20-14-8-13(18)15(7-12(14)17)27(24,25)23-16-21-10-22-26-16/h7-8,10-11,20H,2-6,9,19H2,1H3,(H,21,22,23)/t11-/m0/s1. The average Bonchev–Trinajstić information content (AvgIpc) is 3.12. The Morgan fingerprint density at radius 3 is 2.78 bits per heavy atom. The quantitative estimate of drug-likeness (QED) is 0.464. The summed E-state index contributed by atoms with van der Waals surface area (Å²) < 4.78 is 44.8. The first kappa shape index (κ1) is 21.8. The van der Waals surface area contributed by atoms with Crippen LogP contribution in [0.15, 0.2) is 23.4 Å². The van der Waals surface area contributed by atoms with Crippen LogP contribution in [0.25, 0.3) is 0 Å². The fourth-order valence-corrected chi connectivity index (χ4v) is 4.44. The van der Waals surface area contributed by atoms with E-state index in [0.29, 0.717) is 24.7 Å². The molecule has 0 saturated carbocycles. The van der Waals surface area contributed by atoms with E-state index in [1.54, 1.807) is 0 Å². The van der Waals surface area contributed by atoms with Crippen molar-refractivity contribution in [2.75, 3.05) is 23.1 Å². The summed E-state index contributed by atoms with van der Waals surface area (Å²) >= 11 is 6.98. The summed E-state index contributed by atoms with van der Waals surface area (Å²) in [5.41, 5.74) is 5.94. The molecule has 1 aromatic heterocycles. The number of unbranched alkanes of at least 4 members (excludes halogenated alkanes) is 2. The fourth-order valence-electron chi connectivity index (χ4n) is 2.39. The van der Waals surface area contributed by atoms with Crippen molar-refractivity contribution >= 4 is 44.0 Å². The van der Waals surface area contributed by atoms with Crippen LogP contribution in [-0.2, 0) is 10.0 Å². The first-order valence-corrected chi connectivity index (χ1v) is 11.2. The van der Waals surface area contributed by atoms with Crippen molar-refractivity contribution in [3.05, 3.63) is 29.3 Å². The molecule has 1 aromatic carbocycles. The molecule has 1 heterocycles. The van der Waals surface area contributed by atoms with Crippen LogP contribution in [0.3, 0.4) is 0 Å². The van der Waals surface area contributed by atoms with E-state index in [2.05, 4.69) is 26.3 Å². The Balaban J connectivity index is 1.94. The largest absolute Gasteiger partial charge is 0.384 e. The third-order valence-corrected chi connectivity index (χ3v) is 6.36. The van der Waals surface area contributed by atoms with Gasteiger partial charge in [0.05, 0.1) is 10.7 Å². The third-order valence-electron chi connectivity index (χ3n) is 3.99. The summed E-state index contributed by atoms with van der Waals surface area (Å²) in [5.74, 6) is -0.375. The molecule has 0 saturated heterocycles. The van der Waals surface area contributed by atoms with Gasteiger partial charge < -0.3 is 11.1 Å². The minimum atomic E-state index is -4.14. The average molecular weight is 436 g/mol. The van der Waals surface area contributed by atoms with E-state index in [1.165, 1.54) is 6.33 Å². The summed E-state index contributed by atoms with van der Waals surface area (Å²) in [5, 5.41) is 3.23. The zero-order valence-electron chi connectivity index (χ0n) is 14.9. The molecule has 150 valence electrons. The lowest BCUT2D eigenvalue weighted by atomic mass is 10.0. The maximum Gasteiger partial charge on any atom is 0.266 e. The van der Waals surface area contributed by atoms with E-state index in [9.17, 15) is 12.8 Å². The lowest BCUT2D eigenvalue weighted by Crippen LogP contribution is -2.15. The van der Waals surface area contributed by atoms with Crippen molar-refractivity contribution in [1.29, 1.82) is 0 Å². The number of anilines is 2. The molecule has 11 heteroatoms. The molecule has 0 bridgehead atoms. The summed E-state index contributed by atoms with van der Waals surface area (Å²) in [6.45, 7) is 3.43. The Morgan fingerprint density at radius 1 is 1.33 bits per heavy atom. The number of sulfonamides is 1. The summed E-state index contributed by atoms with van der Waals surface area (Å²) in [4.78, 5) is 3.18. The van der Waals surface area contributed by atoms with Crippen LogP contribution in [0, 0.1) is 11.7 Å². The van der Waals surface area contributed by atoms with Gasteiger partial charge in [-0.3, -0.25) is 4.72 Å². The van der Waals surface area contributed by atoms with E-state index >= 15 is 0 Å². The van der Waals surface area contributed by atoms with Crippen molar-refractivity contribution in [3.8, 4) is 0 Å². The molecule has 0 fully saturated rings. The normalized spacial score (nSPS) is 12.7. The van der Waals surface area contributed by atoms with Gasteiger partial charge in [0, 0.05) is 18.1 Å². The Hall–Kier alpha value is -1.49. The molecule has 0 spiro atoms. The Bertz CT molecular complexity index is 834. The number of hydrogen-bond donors (Lipinski definition) is 3. The minimum Gasteiger partial charge on any atom is -0.384 e. The first-order valence-electron chi connectivity index (χ1n) is 8.56. The van der Waals surface area contributed by atoms with Gasteiger partial charge in [0.15, 0.2) is 0 Å². The fraction of sp³-hybridized carbons (Fsp3) is 0.500. The highest BCUT2D eigenvalue weighted by Crippen LogP contribution is 2.29. The van der Waals surface area contributed by atoms with Gasteiger partial charge in [0.2, 0.25) is 5.13 Å².